The van der Waals surface area contributed by atoms with Crippen LogP contribution in [-0.4, -0.2) is 29.7 Å². The molecule has 86 valence electrons. The Labute approximate surface area is 92.1 Å². The minimum atomic E-state index is -0.417. The van der Waals surface area contributed by atoms with Gasteiger partial charge in [0.25, 0.3) is 0 Å². The number of hydrogen-bond acceptors (Lipinski definition) is 2. The number of carbonyl (C=O) groups excluding carboxylic acids is 1. The number of carbonyl (C=O) groups is 1. The van der Waals surface area contributed by atoms with Crippen LogP contribution in [0.3, 0.4) is 0 Å². The van der Waals surface area contributed by atoms with Gasteiger partial charge in [-0.3, -0.25) is 0 Å². The molecule has 1 aliphatic carbocycles. The predicted molar refractivity (Wildman–Crippen MR) is 60.7 cm³/mol. The molecular weight excluding hydrogens is 190 g/mol. The molecule has 0 aromatic carbocycles. The van der Waals surface area contributed by atoms with Gasteiger partial charge in [-0.05, 0) is 39.5 Å². The Morgan fingerprint density at radius 3 is 2.53 bits per heavy atom. The summed E-state index contributed by atoms with van der Waals surface area (Å²) in [6.45, 7) is 10.7. The second-order valence-electron chi connectivity index (χ2n) is 5.12. The lowest BCUT2D eigenvalue weighted by Crippen LogP contribution is -2.38. The molecule has 0 saturated heterocycles. The lowest BCUT2D eigenvalue weighted by molar-refractivity contribution is 0.0263. The highest BCUT2D eigenvalue weighted by atomic mass is 16.6. The molecule has 1 fully saturated rings. The number of nitrogens with zero attached hydrogens (tertiary/aromatic N) is 1. The van der Waals surface area contributed by atoms with Crippen LogP contribution < -0.4 is 0 Å². The van der Waals surface area contributed by atoms with Crippen LogP contribution in [0.2, 0.25) is 0 Å². The normalized spacial score (nSPS) is 15.9. The van der Waals surface area contributed by atoms with Gasteiger partial charge in [0.2, 0.25) is 0 Å². The molecule has 0 bridgehead atoms. The fourth-order valence-corrected chi connectivity index (χ4v) is 1.32. The third-order valence-electron chi connectivity index (χ3n) is 2.18. The van der Waals surface area contributed by atoms with Crippen LogP contribution >= 0.6 is 0 Å². The van der Waals surface area contributed by atoms with Crippen molar-refractivity contribution in [3.63, 3.8) is 0 Å². The quantitative estimate of drug-likeness (QED) is 0.669. The van der Waals surface area contributed by atoms with Crippen molar-refractivity contribution in [1.29, 1.82) is 0 Å². The van der Waals surface area contributed by atoms with E-state index in [1.165, 1.54) is 12.8 Å². The highest BCUT2D eigenvalue weighted by Gasteiger charge is 2.28. The Morgan fingerprint density at radius 2 is 2.13 bits per heavy atom. The number of rotatable bonds is 4. The zero-order chi connectivity index (χ0) is 11.5. The molecule has 0 aromatic heterocycles. The number of hydrogen-bond donors (Lipinski definition) is 0. The van der Waals surface area contributed by atoms with Crippen molar-refractivity contribution in [2.75, 3.05) is 13.1 Å². The molecule has 3 nitrogen and oxygen atoms in total. The lowest BCUT2D eigenvalue weighted by Gasteiger charge is -2.26. The monoisotopic (exact) mass is 211 g/mol. The minimum absolute atomic E-state index is 0.227. The van der Waals surface area contributed by atoms with Crippen LogP contribution in [-0.2, 0) is 4.74 Å². The minimum Gasteiger partial charge on any atom is -0.444 e. The summed E-state index contributed by atoms with van der Waals surface area (Å²) in [5, 5.41) is 0. The van der Waals surface area contributed by atoms with Crippen LogP contribution in [0.4, 0.5) is 4.79 Å². The molecule has 0 spiro atoms. The third-order valence-corrected chi connectivity index (χ3v) is 2.18. The smallest absolute Gasteiger partial charge is 0.410 e. The summed E-state index contributed by atoms with van der Waals surface area (Å²) in [6.07, 6.45) is 3.98. The van der Waals surface area contributed by atoms with Crippen LogP contribution in [0.15, 0.2) is 12.7 Å². The molecule has 0 aliphatic heterocycles. The van der Waals surface area contributed by atoms with Gasteiger partial charge >= 0.3 is 6.09 Å². The summed E-state index contributed by atoms with van der Waals surface area (Å²) >= 11 is 0. The summed E-state index contributed by atoms with van der Waals surface area (Å²) in [7, 11) is 0. The van der Waals surface area contributed by atoms with Crippen molar-refractivity contribution < 1.29 is 9.53 Å². The first-order valence-electron chi connectivity index (χ1n) is 5.51. The van der Waals surface area contributed by atoms with Crippen molar-refractivity contribution in [3.8, 4) is 0 Å². The van der Waals surface area contributed by atoms with E-state index < -0.39 is 5.60 Å². The van der Waals surface area contributed by atoms with Crippen molar-refractivity contribution >= 4 is 6.09 Å². The van der Waals surface area contributed by atoms with E-state index >= 15 is 0 Å². The highest BCUT2D eigenvalue weighted by molar-refractivity contribution is 5.68. The molecule has 3 heteroatoms. The van der Waals surface area contributed by atoms with E-state index in [4.69, 9.17) is 4.74 Å². The number of amides is 1. The van der Waals surface area contributed by atoms with Gasteiger partial charge in [0.05, 0.1) is 0 Å². The summed E-state index contributed by atoms with van der Waals surface area (Å²) in [5.41, 5.74) is -0.417. The maximum absolute atomic E-state index is 11.8. The Bertz CT molecular complexity index is 238. The molecule has 0 unspecified atom stereocenters. The summed E-state index contributed by atoms with van der Waals surface area (Å²) in [5.74, 6) is 0.678. The first-order valence-corrected chi connectivity index (χ1v) is 5.51. The second kappa shape index (κ2) is 4.69. The number of ether oxygens (including phenoxy) is 1. The van der Waals surface area contributed by atoms with Gasteiger partial charge in [-0.15, -0.1) is 6.58 Å². The van der Waals surface area contributed by atoms with Crippen LogP contribution in [0, 0.1) is 5.92 Å². The molecular formula is C12H21NO2. The average Bonchev–Trinajstić information content (AvgIpc) is 2.84. The molecule has 1 aliphatic rings. The molecule has 0 radical (unpaired) electrons. The maximum atomic E-state index is 11.8. The van der Waals surface area contributed by atoms with Gasteiger partial charge in [0, 0.05) is 13.1 Å². The molecule has 15 heavy (non-hydrogen) atoms. The molecule has 1 rings (SSSR count). The average molecular weight is 211 g/mol. The first-order chi connectivity index (χ1) is 6.92. The van der Waals surface area contributed by atoms with E-state index in [9.17, 15) is 4.79 Å². The van der Waals surface area contributed by atoms with E-state index in [1.54, 1.807) is 11.0 Å². The van der Waals surface area contributed by atoms with E-state index in [1.807, 2.05) is 20.8 Å². The summed E-state index contributed by atoms with van der Waals surface area (Å²) < 4.78 is 5.32. The molecule has 0 aromatic rings. The standard InChI is InChI=1S/C12H21NO2/c1-5-8-13(9-10-6-7-10)11(14)15-12(2,3)4/h5,10H,1,6-9H2,2-4H3. The lowest BCUT2D eigenvalue weighted by atomic mass is 10.2. The largest absolute Gasteiger partial charge is 0.444 e. The summed E-state index contributed by atoms with van der Waals surface area (Å²) in [4.78, 5) is 13.5. The van der Waals surface area contributed by atoms with E-state index in [0.717, 1.165) is 6.54 Å². The topological polar surface area (TPSA) is 29.5 Å². The fourth-order valence-electron chi connectivity index (χ4n) is 1.32. The van der Waals surface area contributed by atoms with Crippen LogP contribution in [0.25, 0.3) is 0 Å². The zero-order valence-corrected chi connectivity index (χ0v) is 9.95. The summed E-state index contributed by atoms with van der Waals surface area (Å²) in [6, 6.07) is 0. The SMILES string of the molecule is C=CCN(CC1CC1)C(=O)OC(C)(C)C. The third kappa shape index (κ3) is 4.86. The van der Waals surface area contributed by atoms with Gasteiger partial charge in [-0.25, -0.2) is 4.79 Å². The maximum Gasteiger partial charge on any atom is 0.410 e. The van der Waals surface area contributed by atoms with Gasteiger partial charge in [-0.1, -0.05) is 6.08 Å². The van der Waals surface area contributed by atoms with Gasteiger partial charge in [-0.2, -0.15) is 0 Å². The molecule has 0 N–H and O–H groups in total. The van der Waals surface area contributed by atoms with Gasteiger partial charge < -0.3 is 9.64 Å². The van der Waals surface area contributed by atoms with Gasteiger partial charge in [0.1, 0.15) is 5.60 Å². The van der Waals surface area contributed by atoms with Crippen LogP contribution in [0.5, 0.6) is 0 Å². The van der Waals surface area contributed by atoms with Crippen molar-refractivity contribution in [1.82, 2.24) is 4.90 Å². The van der Waals surface area contributed by atoms with Crippen molar-refractivity contribution in [2.24, 2.45) is 5.92 Å². The molecule has 0 heterocycles. The van der Waals surface area contributed by atoms with Crippen LogP contribution in [0.1, 0.15) is 33.6 Å². The molecule has 1 amide bonds. The van der Waals surface area contributed by atoms with Crippen molar-refractivity contribution in [2.45, 2.75) is 39.2 Å². The zero-order valence-electron chi connectivity index (χ0n) is 9.95. The van der Waals surface area contributed by atoms with Gasteiger partial charge in [0.15, 0.2) is 0 Å². The highest BCUT2D eigenvalue weighted by Crippen LogP contribution is 2.30. The first kappa shape index (κ1) is 12.1. The Morgan fingerprint density at radius 1 is 1.53 bits per heavy atom. The fraction of sp³-hybridized carbons (Fsp3) is 0.750. The van der Waals surface area contributed by atoms with E-state index in [-0.39, 0.29) is 6.09 Å². The van der Waals surface area contributed by atoms with E-state index in [2.05, 4.69) is 6.58 Å². The van der Waals surface area contributed by atoms with E-state index in [0.29, 0.717) is 12.5 Å². The molecule has 1 saturated carbocycles. The Hall–Kier alpha value is -0.990. The molecule has 0 atom stereocenters. The Balaban J connectivity index is 2.45. The Kier molecular flexibility index (Phi) is 3.77. The predicted octanol–water partition coefficient (Wildman–Crippen LogP) is 2.82. The second-order valence-corrected chi connectivity index (χ2v) is 5.12. The van der Waals surface area contributed by atoms with Crippen molar-refractivity contribution in [3.05, 3.63) is 12.7 Å².